The van der Waals surface area contributed by atoms with Gasteiger partial charge in [0.05, 0.1) is 0 Å². The Hall–Kier alpha value is -9.55. The summed E-state index contributed by atoms with van der Waals surface area (Å²) < 4.78 is 9.63. The average Bonchev–Trinajstić information content (AvgIpc) is 1.53. The number of hydrogen-bond acceptors (Lipinski definition) is 6. The molecule has 5 heterocycles. The number of ether oxygens (including phenoxy) is 1. The van der Waals surface area contributed by atoms with E-state index in [1.807, 2.05) is 43.1 Å². The van der Waals surface area contributed by atoms with Crippen molar-refractivity contribution < 1.29 is 25.8 Å². The van der Waals surface area contributed by atoms with Crippen LogP contribution in [0.2, 0.25) is 0 Å². The number of anilines is 4. The third kappa shape index (κ3) is 13.4. The molecule has 2 N–H and O–H groups in total. The number of nitrogens with zero attached hydrogens (tertiary/aromatic N) is 4. The number of pyridine rings is 1. The van der Waals surface area contributed by atoms with Crippen molar-refractivity contribution in [1.29, 1.82) is 0 Å². The van der Waals surface area contributed by atoms with Crippen LogP contribution in [-0.4, -0.2) is 24.1 Å². The molecule has 96 heavy (non-hydrogen) atoms. The van der Waals surface area contributed by atoms with Gasteiger partial charge in [0.2, 0.25) is 0 Å². The SMILES string of the molecule is CC(C)c1cccc(C(C)C)c1-c1cc(Oc2[c-]c3c(cc2)c2cc(C(C)(C)C)ccc2n3-c2cc(C(C)(c3ccccc3)c3ccccc3)ccn2)[c-]c(N2[CH-]N(c3c(/C4=C/C=C\N/C=C\C=C/[B]4)cc(C(C)(C)C)cc3/C3=C/C=C\N/C=C\C=C/[B]3)c3ccccc32)c1.[Pt]. The number of allylic oxidation sites excluding steroid dienone is 8. The van der Waals surface area contributed by atoms with Crippen LogP contribution in [0, 0.1) is 18.8 Å². The van der Waals surface area contributed by atoms with Gasteiger partial charge in [-0.3, -0.25) is 0 Å². The molecule has 0 saturated carbocycles. The number of nitrogens with one attached hydrogen (secondary N) is 2. The molecule has 0 atom stereocenters. The fourth-order valence-corrected chi connectivity index (χ4v) is 13.4. The van der Waals surface area contributed by atoms with Crippen LogP contribution in [0.15, 0.2) is 261 Å². The van der Waals surface area contributed by atoms with E-state index in [2.05, 4.69) is 353 Å². The summed E-state index contributed by atoms with van der Waals surface area (Å²) in [5.74, 6) is 6.61. The first kappa shape index (κ1) is 66.5. The second-order valence-electron chi connectivity index (χ2n) is 27.6. The van der Waals surface area contributed by atoms with Gasteiger partial charge in [-0.1, -0.05) is 213 Å². The van der Waals surface area contributed by atoms with E-state index in [1.54, 1.807) is 0 Å². The Morgan fingerprint density at radius 2 is 1.07 bits per heavy atom. The van der Waals surface area contributed by atoms with Crippen molar-refractivity contribution in [2.24, 2.45) is 0 Å². The second kappa shape index (κ2) is 28.0. The summed E-state index contributed by atoms with van der Waals surface area (Å²) in [6.45, 7) is 27.4. The molecule has 0 amide bonds. The fraction of sp³-hybridized carbons (Fsp3) is 0.186. The molecule has 3 aliphatic heterocycles. The van der Waals surface area contributed by atoms with Gasteiger partial charge in [-0.2, -0.15) is 6.07 Å². The summed E-state index contributed by atoms with van der Waals surface area (Å²) in [5, 5.41) is 8.78. The second-order valence-corrected chi connectivity index (χ2v) is 27.6. The van der Waals surface area contributed by atoms with Gasteiger partial charge in [-0.15, -0.1) is 65.6 Å². The van der Waals surface area contributed by atoms with Crippen molar-refractivity contribution >= 4 is 70.1 Å². The average molecular weight is 1430 g/mol. The first-order valence-corrected chi connectivity index (χ1v) is 33.2. The summed E-state index contributed by atoms with van der Waals surface area (Å²) in [5.41, 5.74) is 20.0. The third-order valence-electron chi connectivity index (χ3n) is 18.5. The van der Waals surface area contributed by atoms with Crippen molar-refractivity contribution in [2.45, 2.75) is 104 Å². The molecule has 7 nitrogen and oxygen atoms in total. The van der Waals surface area contributed by atoms with E-state index < -0.39 is 5.41 Å². The smallest absolute Gasteiger partial charge is 0.182 e. The van der Waals surface area contributed by atoms with Gasteiger partial charge in [0.25, 0.3) is 0 Å². The van der Waals surface area contributed by atoms with Crippen LogP contribution in [0.1, 0.15) is 138 Å². The van der Waals surface area contributed by atoms with E-state index in [-0.39, 0.29) is 43.7 Å². The van der Waals surface area contributed by atoms with Crippen molar-refractivity contribution in [3.63, 3.8) is 0 Å². The molecular formula is C86H81B2N6OPt-3. The zero-order valence-corrected chi connectivity index (χ0v) is 59.0. The van der Waals surface area contributed by atoms with Crippen LogP contribution in [0.4, 0.5) is 22.7 Å². The van der Waals surface area contributed by atoms with E-state index in [1.165, 1.54) is 38.9 Å². The first-order valence-electron chi connectivity index (χ1n) is 33.2. The molecule has 2 radical (unpaired) electrons. The van der Waals surface area contributed by atoms with E-state index in [0.29, 0.717) is 11.5 Å². The van der Waals surface area contributed by atoms with Crippen molar-refractivity contribution in [3.05, 3.63) is 330 Å². The van der Waals surface area contributed by atoms with Crippen molar-refractivity contribution in [1.82, 2.24) is 20.2 Å². The topological polar surface area (TPSA) is 57.6 Å². The Bertz CT molecular complexity index is 4640. The van der Waals surface area contributed by atoms with Crippen molar-refractivity contribution in [2.75, 3.05) is 9.80 Å². The van der Waals surface area contributed by atoms with Gasteiger partial charge in [-0.05, 0) is 157 Å². The van der Waals surface area contributed by atoms with Crippen LogP contribution in [0.25, 0.3) is 49.7 Å². The van der Waals surface area contributed by atoms with E-state index in [9.17, 15) is 0 Å². The maximum Gasteiger partial charge on any atom is 0.182 e. The van der Waals surface area contributed by atoms with Crippen LogP contribution >= 0.6 is 0 Å². The number of para-hydroxylation sites is 2. The number of hydrogen-bond donors (Lipinski definition) is 2. The number of rotatable bonds is 13. The van der Waals surface area contributed by atoms with Gasteiger partial charge in [0, 0.05) is 91.6 Å². The predicted molar refractivity (Wildman–Crippen MR) is 402 cm³/mol. The van der Waals surface area contributed by atoms with Gasteiger partial charge in [0.15, 0.2) is 14.6 Å². The van der Waals surface area contributed by atoms with Crippen LogP contribution in [0.5, 0.6) is 11.5 Å². The number of fused-ring (bicyclic) bond motifs is 4. The summed E-state index contributed by atoms with van der Waals surface area (Å²) in [7, 11) is 4.43. The van der Waals surface area contributed by atoms with Crippen LogP contribution in [0.3, 0.4) is 0 Å². The largest absolute Gasteiger partial charge is 0.509 e. The molecule has 480 valence electrons. The molecule has 0 unspecified atom stereocenters. The quantitative estimate of drug-likeness (QED) is 0.0886. The minimum atomic E-state index is -0.493. The molecule has 0 spiro atoms. The van der Waals surface area contributed by atoms with Gasteiger partial charge >= 0.3 is 0 Å². The van der Waals surface area contributed by atoms with Crippen LogP contribution < -0.4 is 25.2 Å². The Morgan fingerprint density at radius 3 is 1.66 bits per heavy atom. The zero-order valence-electron chi connectivity index (χ0n) is 56.7. The van der Waals surface area contributed by atoms with Crippen molar-refractivity contribution in [3.8, 4) is 28.4 Å². The minimum Gasteiger partial charge on any atom is -0.509 e. The minimum absolute atomic E-state index is 0. The number of aromatic nitrogens is 2. The molecule has 0 bridgehead atoms. The fourth-order valence-electron chi connectivity index (χ4n) is 13.4. The Balaban J connectivity index is 0.00000881. The van der Waals surface area contributed by atoms with Gasteiger partial charge in [-0.25, -0.2) is 4.98 Å². The monoisotopic (exact) mass is 1430 g/mol. The maximum absolute atomic E-state index is 7.36. The number of benzene rings is 8. The molecule has 10 heteroatoms. The van der Waals surface area contributed by atoms with E-state index in [0.717, 1.165) is 83.6 Å². The molecular weight excluding hydrogens is 1350 g/mol. The summed E-state index contributed by atoms with van der Waals surface area (Å²) in [6, 6.07) is 69.7. The van der Waals surface area contributed by atoms with E-state index >= 15 is 0 Å². The first-order chi connectivity index (χ1) is 45.9. The summed E-state index contributed by atoms with van der Waals surface area (Å²) >= 11 is 0. The molecule has 13 rings (SSSR count). The molecule has 10 aromatic rings. The van der Waals surface area contributed by atoms with E-state index in [4.69, 9.17) is 9.72 Å². The predicted octanol–water partition coefficient (Wildman–Crippen LogP) is 21.2. The molecule has 0 fully saturated rings. The molecule has 0 saturated heterocycles. The van der Waals surface area contributed by atoms with Crippen LogP contribution in [-0.2, 0) is 37.3 Å². The Morgan fingerprint density at radius 1 is 0.500 bits per heavy atom. The molecule has 8 aromatic carbocycles. The Labute approximate surface area is 584 Å². The zero-order chi connectivity index (χ0) is 66.0. The normalized spacial score (nSPS) is 17.3. The van der Waals surface area contributed by atoms with Gasteiger partial charge in [0.1, 0.15) is 5.82 Å². The standard InChI is InChI=1S/C86H81B2N6O.Pt/c1-58(2)69-31-24-32-70(59(3)4)82(69)60-49-66(92-57-93(79-36-19-18-35-78(79)92)83-73(75-33-25-46-89-44-22-20-42-87-75)52-65(85(8,9)10)53-74(83)76-34-26-47-90-45-23-21-43-88-76)55-68(50-60)95-67-38-39-71-72-51-63(84(5,6)7)37-40-77(72)94(80(71)56-67)81-54-64(41-48-91-81)86(11,61-27-14-12-15-28-61)62-29-16-13-17-30-62;/h12-54,57-59,89-90H,1-11H3;/q-3;/b42-20-,43-21-,44-22-,45-23-,46-25-,47-26-,75-33-,76-34-;. The molecule has 0 aliphatic carbocycles. The summed E-state index contributed by atoms with van der Waals surface area (Å²) in [6.07, 6.45) is 26.5. The molecule has 3 aliphatic rings. The summed E-state index contributed by atoms with van der Waals surface area (Å²) in [4.78, 5) is 9.89. The maximum atomic E-state index is 7.36. The van der Waals surface area contributed by atoms with Gasteiger partial charge < -0.3 is 29.7 Å². The Kier molecular flexibility index (Phi) is 19.4. The molecule has 2 aromatic heterocycles. The third-order valence-corrected chi connectivity index (χ3v) is 18.5.